The van der Waals surface area contributed by atoms with E-state index in [1.165, 1.54) is 0 Å². The Morgan fingerprint density at radius 2 is 1.73 bits per heavy atom. The van der Waals surface area contributed by atoms with Crippen molar-refractivity contribution in [1.29, 1.82) is 0 Å². The van der Waals surface area contributed by atoms with Gasteiger partial charge in [0, 0.05) is 18.1 Å². The molecule has 4 nitrogen and oxygen atoms in total. The van der Waals surface area contributed by atoms with Crippen LogP contribution in [0.1, 0.15) is 35.6 Å². The predicted octanol–water partition coefficient (Wildman–Crippen LogP) is 3.83. The number of carbonyl (C=O) groups is 1. The lowest BCUT2D eigenvalue weighted by Gasteiger charge is -2.24. The topological polar surface area (TPSA) is 54.5 Å². The second-order valence-electron chi connectivity index (χ2n) is 6.62. The molecule has 1 saturated heterocycles. The van der Waals surface area contributed by atoms with Gasteiger partial charge in [0.2, 0.25) is 5.91 Å². The van der Waals surface area contributed by atoms with Gasteiger partial charge in [0.25, 0.3) is 0 Å². The van der Waals surface area contributed by atoms with Crippen LogP contribution in [-0.2, 0) is 14.6 Å². The molecule has 0 bridgehead atoms. The molecule has 0 spiro atoms. The molecule has 3 rings (SSSR count). The number of carbonyl (C=O) groups excluding carboxylic acids is 1. The number of amides is 1. The minimum Gasteiger partial charge on any atom is -0.341 e. The molecule has 2 unspecified atom stereocenters. The average molecular weight is 392 g/mol. The number of rotatable bonds is 3. The summed E-state index contributed by atoms with van der Waals surface area (Å²) in [5, 5.41) is -0.209. The molecule has 1 fully saturated rings. The maximum absolute atomic E-state index is 12.9. The monoisotopic (exact) mass is 391 g/mol. The van der Waals surface area contributed by atoms with Gasteiger partial charge in [0.05, 0.1) is 16.9 Å². The molecule has 2 aromatic rings. The lowest BCUT2D eigenvalue weighted by molar-refractivity contribution is -0.132. The van der Waals surface area contributed by atoms with Gasteiger partial charge < -0.3 is 4.90 Å². The summed E-state index contributed by atoms with van der Waals surface area (Å²) in [5.41, 5.74) is 1.56. The molecular formula is C20H22ClNO3S. The van der Waals surface area contributed by atoms with Gasteiger partial charge in [-0.05, 0) is 30.5 Å². The highest BCUT2D eigenvalue weighted by Crippen LogP contribution is 2.34. The van der Waals surface area contributed by atoms with E-state index >= 15 is 0 Å². The maximum Gasteiger partial charge on any atom is 0.229 e. The smallest absolute Gasteiger partial charge is 0.229 e. The molecule has 26 heavy (non-hydrogen) atoms. The molecule has 0 N–H and O–H groups in total. The van der Waals surface area contributed by atoms with Crippen LogP contribution in [0.5, 0.6) is 0 Å². The highest BCUT2D eigenvalue weighted by molar-refractivity contribution is 7.91. The maximum atomic E-state index is 12.9. The number of hydrogen-bond acceptors (Lipinski definition) is 3. The Morgan fingerprint density at radius 3 is 2.42 bits per heavy atom. The number of nitrogens with zero attached hydrogens (tertiary/aromatic N) is 1. The van der Waals surface area contributed by atoms with Gasteiger partial charge in [0.1, 0.15) is 0 Å². The van der Waals surface area contributed by atoms with E-state index in [0.717, 1.165) is 5.56 Å². The summed E-state index contributed by atoms with van der Waals surface area (Å²) in [6.45, 7) is 2.49. The quantitative estimate of drug-likeness (QED) is 0.798. The van der Waals surface area contributed by atoms with Crippen molar-refractivity contribution in [3.8, 4) is 0 Å². The standard InChI is InChI=1S/C20H22ClNO3S/c1-15(16-7-3-2-4-8-16)20(23)22-12-11-19(26(24,25)14-13-22)17-9-5-6-10-18(17)21/h2-10,15,19H,11-14H2,1H3. The molecule has 6 heteroatoms. The third-order valence-electron chi connectivity index (χ3n) is 4.97. The fourth-order valence-electron chi connectivity index (χ4n) is 3.41. The van der Waals surface area contributed by atoms with Crippen LogP contribution < -0.4 is 0 Å². The van der Waals surface area contributed by atoms with Crippen molar-refractivity contribution in [2.75, 3.05) is 18.8 Å². The number of benzene rings is 2. The Morgan fingerprint density at radius 1 is 1.08 bits per heavy atom. The normalized spacial score (nSPS) is 21.0. The minimum atomic E-state index is -3.37. The van der Waals surface area contributed by atoms with Crippen molar-refractivity contribution in [3.05, 3.63) is 70.7 Å². The number of sulfone groups is 1. The van der Waals surface area contributed by atoms with E-state index in [1.54, 1.807) is 29.2 Å². The largest absolute Gasteiger partial charge is 0.341 e. The summed E-state index contributed by atoms with van der Waals surface area (Å²) in [6.07, 6.45) is 0.360. The zero-order chi connectivity index (χ0) is 18.7. The summed E-state index contributed by atoms with van der Waals surface area (Å²) in [6, 6.07) is 16.6. The molecule has 0 saturated carbocycles. The van der Waals surface area contributed by atoms with E-state index in [9.17, 15) is 13.2 Å². The second kappa shape index (κ2) is 7.80. The molecule has 1 amide bonds. The molecule has 1 aliphatic heterocycles. The SMILES string of the molecule is CC(C(=O)N1CCC(c2ccccc2Cl)S(=O)(=O)CC1)c1ccccc1. The van der Waals surface area contributed by atoms with Gasteiger partial charge in [-0.15, -0.1) is 0 Å². The van der Waals surface area contributed by atoms with Gasteiger partial charge in [-0.25, -0.2) is 8.42 Å². The van der Waals surface area contributed by atoms with E-state index in [4.69, 9.17) is 11.6 Å². The van der Waals surface area contributed by atoms with Crippen molar-refractivity contribution < 1.29 is 13.2 Å². The zero-order valence-corrected chi connectivity index (χ0v) is 16.2. The highest BCUT2D eigenvalue weighted by Gasteiger charge is 2.34. The van der Waals surface area contributed by atoms with Crippen LogP contribution in [0.4, 0.5) is 0 Å². The van der Waals surface area contributed by atoms with Gasteiger partial charge in [-0.2, -0.15) is 0 Å². The van der Waals surface area contributed by atoms with Gasteiger partial charge in [-0.3, -0.25) is 4.79 Å². The molecule has 0 aromatic heterocycles. The average Bonchev–Trinajstić information content (AvgIpc) is 2.80. The van der Waals surface area contributed by atoms with Crippen molar-refractivity contribution in [3.63, 3.8) is 0 Å². The fraction of sp³-hybridized carbons (Fsp3) is 0.350. The molecule has 1 heterocycles. The fourth-order valence-corrected chi connectivity index (χ4v) is 5.56. The molecule has 0 aliphatic carbocycles. The Balaban J connectivity index is 1.80. The van der Waals surface area contributed by atoms with Gasteiger partial charge >= 0.3 is 0 Å². The first-order valence-corrected chi connectivity index (χ1v) is 10.8. The van der Waals surface area contributed by atoms with Gasteiger partial charge in [0.15, 0.2) is 9.84 Å². The predicted molar refractivity (Wildman–Crippen MR) is 104 cm³/mol. The summed E-state index contributed by atoms with van der Waals surface area (Å²) in [7, 11) is -3.37. The van der Waals surface area contributed by atoms with Crippen LogP contribution in [-0.4, -0.2) is 38.1 Å². The number of halogens is 1. The summed E-state index contributed by atoms with van der Waals surface area (Å²) in [5.74, 6) is -0.377. The van der Waals surface area contributed by atoms with Crippen LogP contribution in [0.15, 0.2) is 54.6 Å². The van der Waals surface area contributed by atoms with Crippen molar-refractivity contribution in [1.82, 2.24) is 4.90 Å². The molecule has 2 atom stereocenters. The Labute approximate surface area is 159 Å². The molecule has 2 aromatic carbocycles. The number of hydrogen-bond donors (Lipinski definition) is 0. The summed E-state index contributed by atoms with van der Waals surface area (Å²) in [4.78, 5) is 14.6. The van der Waals surface area contributed by atoms with E-state index in [2.05, 4.69) is 0 Å². The van der Waals surface area contributed by atoms with Crippen LogP contribution in [0.2, 0.25) is 5.02 Å². The van der Waals surface area contributed by atoms with Crippen molar-refractivity contribution in [2.45, 2.75) is 24.5 Å². The summed E-state index contributed by atoms with van der Waals surface area (Å²) < 4.78 is 25.5. The third kappa shape index (κ3) is 3.94. The second-order valence-corrected chi connectivity index (χ2v) is 9.33. The Kier molecular flexibility index (Phi) is 5.68. The van der Waals surface area contributed by atoms with Crippen LogP contribution in [0.25, 0.3) is 0 Å². The van der Waals surface area contributed by atoms with Crippen molar-refractivity contribution >= 4 is 27.3 Å². The first-order chi connectivity index (χ1) is 12.4. The van der Waals surface area contributed by atoms with E-state index in [-0.39, 0.29) is 24.1 Å². The third-order valence-corrected chi connectivity index (χ3v) is 7.43. The molecule has 138 valence electrons. The van der Waals surface area contributed by atoms with Crippen LogP contribution in [0, 0.1) is 0 Å². The Bertz CT molecular complexity index is 883. The molecular weight excluding hydrogens is 370 g/mol. The van der Waals surface area contributed by atoms with E-state index in [1.807, 2.05) is 37.3 Å². The van der Waals surface area contributed by atoms with Crippen molar-refractivity contribution in [2.24, 2.45) is 0 Å². The van der Waals surface area contributed by atoms with E-state index in [0.29, 0.717) is 23.6 Å². The zero-order valence-electron chi connectivity index (χ0n) is 14.6. The summed E-state index contributed by atoms with van der Waals surface area (Å²) >= 11 is 6.22. The molecule has 0 radical (unpaired) electrons. The molecule has 1 aliphatic rings. The first-order valence-electron chi connectivity index (χ1n) is 8.70. The first kappa shape index (κ1) is 18.9. The van der Waals surface area contributed by atoms with Gasteiger partial charge in [-0.1, -0.05) is 60.1 Å². The minimum absolute atomic E-state index is 0.0359. The lowest BCUT2D eigenvalue weighted by atomic mass is 9.99. The highest BCUT2D eigenvalue weighted by atomic mass is 35.5. The van der Waals surface area contributed by atoms with E-state index < -0.39 is 15.1 Å². The lowest BCUT2D eigenvalue weighted by Crippen LogP contribution is -2.36. The van der Waals surface area contributed by atoms with Crippen LogP contribution in [0.3, 0.4) is 0 Å². The van der Waals surface area contributed by atoms with Crippen LogP contribution >= 0.6 is 11.6 Å². The Hall–Kier alpha value is -1.85.